The van der Waals surface area contributed by atoms with E-state index in [1.54, 1.807) is 23.1 Å². The predicted octanol–water partition coefficient (Wildman–Crippen LogP) is 4.70. The fourth-order valence-corrected chi connectivity index (χ4v) is 4.91. The summed E-state index contributed by atoms with van der Waals surface area (Å²) in [6.07, 6.45) is 3.49. The quantitative estimate of drug-likeness (QED) is 0.728. The molecule has 1 aliphatic heterocycles. The van der Waals surface area contributed by atoms with Crippen LogP contribution in [0.3, 0.4) is 0 Å². The van der Waals surface area contributed by atoms with E-state index in [4.69, 9.17) is 0 Å². The molecule has 0 saturated heterocycles. The van der Waals surface area contributed by atoms with E-state index in [2.05, 4.69) is 53.6 Å². The van der Waals surface area contributed by atoms with E-state index in [0.29, 0.717) is 5.13 Å². The summed E-state index contributed by atoms with van der Waals surface area (Å²) in [6.45, 7) is 2.09. The highest BCUT2D eigenvalue weighted by molar-refractivity contribution is 8.01. The second kappa shape index (κ2) is 7.02. The average molecular weight is 367 g/mol. The Morgan fingerprint density at radius 2 is 2.00 bits per heavy atom. The van der Waals surface area contributed by atoms with Crippen LogP contribution in [0.1, 0.15) is 21.6 Å². The molecule has 2 heterocycles. The van der Waals surface area contributed by atoms with Gasteiger partial charge in [0.05, 0.1) is 5.25 Å². The van der Waals surface area contributed by atoms with Gasteiger partial charge in [-0.3, -0.25) is 4.79 Å². The number of carbonyl (C=O) groups is 1. The van der Waals surface area contributed by atoms with Gasteiger partial charge >= 0.3 is 0 Å². The third-order valence-corrected chi connectivity index (χ3v) is 6.45. The first-order valence-corrected chi connectivity index (χ1v) is 9.93. The number of thioether (sulfide) groups is 1. The van der Waals surface area contributed by atoms with Crippen LogP contribution in [0.15, 0.2) is 59.6 Å². The maximum atomic E-state index is 12.5. The average Bonchev–Trinajstić information content (AvgIpc) is 3.23. The number of fused-ring (bicyclic) bond motifs is 1. The number of nitrogens with zero attached hydrogens (tertiary/aromatic N) is 1. The van der Waals surface area contributed by atoms with Gasteiger partial charge in [-0.25, -0.2) is 4.98 Å². The number of aryl methyl sites for hydroxylation is 1. The van der Waals surface area contributed by atoms with Crippen LogP contribution in [0.2, 0.25) is 0 Å². The maximum absolute atomic E-state index is 12.5. The predicted molar refractivity (Wildman–Crippen MR) is 105 cm³/mol. The highest BCUT2D eigenvalue weighted by Crippen LogP contribution is 2.37. The first-order chi connectivity index (χ1) is 12.2. The Kier molecular flexibility index (Phi) is 4.59. The molecular weight excluding hydrogens is 348 g/mol. The molecule has 1 N–H and O–H groups in total. The Morgan fingerprint density at radius 1 is 1.20 bits per heavy atom. The van der Waals surface area contributed by atoms with E-state index in [1.807, 2.05) is 18.3 Å². The third-order valence-electron chi connectivity index (χ3n) is 4.22. The molecule has 0 saturated carbocycles. The lowest BCUT2D eigenvalue weighted by Crippen LogP contribution is -2.24. The van der Waals surface area contributed by atoms with Gasteiger partial charge in [0.15, 0.2) is 5.13 Å². The van der Waals surface area contributed by atoms with Crippen molar-refractivity contribution >= 4 is 34.1 Å². The Hall–Kier alpha value is -2.11. The zero-order valence-corrected chi connectivity index (χ0v) is 15.5. The van der Waals surface area contributed by atoms with Gasteiger partial charge < -0.3 is 5.32 Å². The van der Waals surface area contributed by atoms with Gasteiger partial charge in [-0.05, 0) is 30.5 Å². The summed E-state index contributed by atoms with van der Waals surface area (Å²) in [4.78, 5) is 19.3. The molecule has 0 aliphatic carbocycles. The molecule has 1 atom stereocenters. The lowest BCUT2D eigenvalue weighted by atomic mass is 10.1. The minimum atomic E-state index is -0.0677. The van der Waals surface area contributed by atoms with Crippen molar-refractivity contribution in [3.63, 3.8) is 0 Å². The Labute approximate surface area is 155 Å². The SMILES string of the molecule is Cc1ccc(Cc2cnc(NC(=O)C3Cc4ccccc4S3)s2)cc1. The van der Waals surface area contributed by atoms with E-state index in [9.17, 15) is 4.79 Å². The van der Waals surface area contributed by atoms with Crippen LogP contribution in [0.4, 0.5) is 5.13 Å². The van der Waals surface area contributed by atoms with Crippen molar-refractivity contribution in [2.75, 3.05) is 5.32 Å². The zero-order chi connectivity index (χ0) is 17.2. The standard InChI is InChI=1S/C20H18N2OS2/c1-13-6-8-14(9-7-13)10-16-12-21-20(24-16)22-19(23)18-11-15-4-2-3-5-17(15)25-18/h2-9,12,18H,10-11H2,1H3,(H,21,22,23). The van der Waals surface area contributed by atoms with Gasteiger partial charge in [0, 0.05) is 22.4 Å². The second-order valence-electron chi connectivity index (χ2n) is 6.20. The Bertz CT molecular complexity index is 877. The number of amides is 1. The molecule has 1 amide bonds. The molecule has 0 spiro atoms. The number of hydrogen-bond acceptors (Lipinski definition) is 4. The van der Waals surface area contributed by atoms with Crippen molar-refractivity contribution in [2.45, 2.75) is 29.9 Å². The monoisotopic (exact) mass is 366 g/mol. The largest absolute Gasteiger partial charge is 0.301 e. The minimum absolute atomic E-state index is 0.0393. The Balaban J connectivity index is 1.38. The molecule has 1 aromatic heterocycles. The summed E-state index contributed by atoms with van der Waals surface area (Å²) in [6, 6.07) is 16.7. The van der Waals surface area contributed by atoms with Crippen LogP contribution in [-0.4, -0.2) is 16.1 Å². The lowest BCUT2D eigenvalue weighted by Gasteiger charge is -2.07. The summed E-state index contributed by atoms with van der Waals surface area (Å²) in [5.74, 6) is 0.0393. The topological polar surface area (TPSA) is 42.0 Å². The van der Waals surface area contributed by atoms with Crippen LogP contribution >= 0.6 is 23.1 Å². The first kappa shape index (κ1) is 16.4. The van der Waals surface area contributed by atoms with Gasteiger partial charge in [-0.15, -0.1) is 23.1 Å². The molecular formula is C20H18N2OS2. The Morgan fingerprint density at radius 3 is 2.80 bits per heavy atom. The van der Waals surface area contributed by atoms with Crippen molar-refractivity contribution < 1.29 is 4.79 Å². The molecule has 1 aliphatic rings. The van der Waals surface area contributed by atoms with E-state index >= 15 is 0 Å². The smallest absolute Gasteiger partial charge is 0.239 e. The fourth-order valence-electron chi connectivity index (χ4n) is 2.87. The summed E-state index contributed by atoms with van der Waals surface area (Å²) in [7, 11) is 0. The molecule has 25 heavy (non-hydrogen) atoms. The van der Waals surface area contributed by atoms with Crippen LogP contribution in [0, 0.1) is 6.92 Å². The van der Waals surface area contributed by atoms with E-state index in [0.717, 1.165) is 17.7 Å². The molecule has 0 bridgehead atoms. The number of anilines is 1. The van der Waals surface area contributed by atoms with Crippen molar-refractivity contribution in [1.82, 2.24) is 4.98 Å². The van der Waals surface area contributed by atoms with Crippen molar-refractivity contribution in [3.8, 4) is 0 Å². The third kappa shape index (κ3) is 3.78. The molecule has 126 valence electrons. The van der Waals surface area contributed by atoms with Crippen LogP contribution in [0.5, 0.6) is 0 Å². The lowest BCUT2D eigenvalue weighted by molar-refractivity contribution is -0.115. The summed E-state index contributed by atoms with van der Waals surface area (Å²) < 4.78 is 0. The maximum Gasteiger partial charge on any atom is 0.239 e. The molecule has 3 aromatic rings. The molecule has 4 rings (SSSR count). The number of nitrogens with one attached hydrogen (secondary N) is 1. The molecule has 3 nitrogen and oxygen atoms in total. The van der Waals surface area contributed by atoms with E-state index < -0.39 is 0 Å². The fraction of sp³-hybridized carbons (Fsp3) is 0.200. The van der Waals surface area contributed by atoms with Gasteiger partial charge in [0.2, 0.25) is 5.91 Å². The second-order valence-corrected chi connectivity index (χ2v) is 8.56. The molecule has 2 aromatic carbocycles. The number of thiazole rings is 1. The normalized spacial score (nSPS) is 15.8. The summed E-state index contributed by atoms with van der Waals surface area (Å²) in [5, 5.41) is 3.60. The highest BCUT2D eigenvalue weighted by Gasteiger charge is 2.28. The summed E-state index contributed by atoms with van der Waals surface area (Å²) >= 11 is 3.19. The van der Waals surface area contributed by atoms with Crippen molar-refractivity contribution in [3.05, 3.63) is 76.3 Å². The number of benzene rings is 2. The molecule has 5 heteroatoms. The molecule has 0 radical (unpaired) electrons. The van der Waals surface area contributed by atoms with Crippen LogP contribution in [-0.2, 0) is 17.6 Å². The molecule has 0 fully saturated rings. The van der Waals surface area contributed by atoms with Gasteiger partial charge in [0.1, 0.15) is 0 Å². The highest BCUT2D eigenvalue weighted by atomic mass is 32.2. The van der Waals surface area contributed by atoms with Crippen LogP contribution < -0.4 is 5.32 Å². The molecule has 1 unspecified atom stereocenters. The van der Waals surface area contributed by atoms with Crippen LogP contribution in [0.25, 0.3) is 0 Å². The van der Waals surface area contributed by atoms with E-state index in [-0.39, 0.29) is 11.2 Å². The number of aromatic nitrogens is 1. The van der Waals surface area contributed by atoms with Crippen molar-refractivity contribution in [1.29, 1.82) is 0 Å². The van der Waals surface area contributed by atoms with Gasteiger partial charge in [0.25, 0.3) is 0 Å². The van der Waals surface area contributed by atoms with Gasteiger partial charge in [-0.1, -0.05) is 48.0 Å². The first-order valence-electron chi connectivity index (χ1n) is 8.23. The summed E-state index contributed by atoms with van der Waals surface area (Å²) in [5.41, 5.74) is 3.77. The minimum Gasteiger partial charge on any atom is -0.301 e. The van der Waals surface area contributed by atoms with Gasteiger partial charge in [-0.2, -0.15) is 0 Å². The van der Waals surface area contributed by atoms with Crippen molar-refractivity contribution in [2.24, 2.45) is 0 Å². The zero-order valence-electron chi connectivity index (χ0n) is 13.9. The number of carbonyl (C=O) groups excluding carboxylic acids is 1. The number of hydrogen-bond donors (Lipinski definition) is 1. The number of rotatable bonds is 4. The van der Waals surface area contributed by atoms with E-state index in [1.165, 1.54) is 21.6 Å².